The van der Waals surface area contributed by atoms with Gasteiger partial charge in [0.25, 0.3) is 5.91 Å². The van der Waals surface area contributed by atoms with E-state index in [9.17, 15) is 4.79 Å². The van der Waals surface area contributed by atoms with E-state index in [1.54, 1.807) is 29.0 Å². The lowest BCUT2D eigenvalue weighted by atomic mass is 10.2. The molecule has 6 heteroatoms. The van der Waals surface area contributed by atoms with Crippen molar-refractivity contribution in [2.75, 3.05) is 6.26 Å². The van der Waals surface area contributed by atoms with Crippen LogP contribution in [-0.4, -0.2) is 21.4 Å². The molecule has 0 saturated carbocycles. The Hall–Kier alpha value is -1.50. The van der Waals surface area contributed by atoms with Crippen molar-refractivity contribution >= 4 is 52.0 Å². The van der Waals surface area contributed by atoms with Crippen molar-refractivity contribution in [1.82, 2.24) is 4.90 Å². The maximum absolute atomic E-state index is 12.5. The van der Waals surface area contributed by atoms with Crippen LogP contribution in [0.5, 0.6) is 0 Å². The van der Waals surface area contributed by atoms with Gasteiger partial charge >= 0.3 is 0 Å². The first-order valence-electron chi connectivity index (χ1n) is 6.59. The smallest absolute Gasteiger partial charge is 0.266 e. The minimum Gasteiger partial charge on any atom is -0.467 e. The summed E-state index contributed by atoms with van der Waals surface area (Å²) in [6.45, 7) is 0.375. The number of carbonyl (C=O) groups is 1. The average molecular weight is 347 g/mol. The van der Waals surface area contributed by atoms with Crippen LogP contribution in [0, 0.1) is 0 Å². The molecule has 0 aliphatic carbocycles. The zero-order valence-corrected chi connectivity index (χ0v) is 14.3. The minimum absolute atomic E-state index is 0.0691. The fraction of sp³-hybridized carbons (Fsp3) is 0.125. The van der Waals surface area contributed by atoms with Gasteiger partial charge < -0.3 is 4.42 Å². The summed E-state index contributed by atoms with van der Waals surface area (Å²) in [7, 11) is 0. The molecule has 112 valence electrons. The highest BCUT2D eigenvalue weighted by Gasteiger charge is 2.32. The van der Waals surface area contributed by atoms with Crippen LogP contribution < -0.4 is 0 Å². The SMILES string of the molecule is CSc1ccc(/C=C2\SC(=S)N(Cc3ccco3)C2=O)cc1. The van der Waals surface area contributed by atoms with E-state index in [4.69, 9.17) is 16.6 Å². The second-order valence-electron chi connectivity index (χ2n) is 4.62. The molecule has 0 atom stereocenters. The number of hydrogen-bond donors (Lipinski definition) is 0. The zero-order chi connectivity index (χ0) is 15.5. The molecule has 1 aliphatic heterocycles. The summed E-state index contributed by atoms with van der Waals surface area (Å²) in [6, 6.07) is 11.7. The average Bonchev–Trinajstić information content (AvgIpc) is 3.13. The Morgan fingerprint density at radius 1 is 1.32 bits per heavy atom. The lowest BCUT2D eigenvalue weighted by molar-refractivity contribution is -0.122. The van der Waals surface area contributed by atoms with Gasteiger partial charge in [-0.2, -0.15) is 0 Å². The fourth-order valence-electron chi connectivity index (χ4n) is 2.05. The maximum atomic E-state index is 12.5. The van der Waals surface area contributed by atoms with Gasteiger partial charge in [-0.05, 0) is 42.2 Å². The Morgan fingerprint density at radius 2 is 2.09 bits per heavy atom. The Labute approximate surface area is 142 Å². The first kappa shape index (κ1) is 15.4. The van der Waals surface area contributed by atoms with Crippen LogP contribution in [0.25, 0.3) is 6.08 Å². The number of carbonyl (C=O) groups excluding carboxylic acids is 1. The van der Waals surface area contributed by atoms with Crippen molar-refractivity contribution in [3.63, 3.8) is 0 Å². The first-order valence-corrected chi connectivity index (χ1v) is 9.04. The summed E-state index contributed by atoms with van der Waals surface area (Å²) in [4.78, 5) is 15.9. The normalized spacial score (nSPS) is 16.8. The molecule has 22 heavy (non-hydrogen) atoms. The number of nitrogens with zero attached hydrogens (tertiary/aromatic N) is 1. The molecule has 0 N–H and O–H groups in total. The van der Waals surface area contributed by atoms with E-state index in [1.807, 2.05) is 42.7 Å². The van der Waals surface area contributed by atoms with Gasteiger partial charge in [-0.1, -0.05) is 36.1 Å². The monoisotopic (exact) mass is 347 g/mol. The van der Waals surface area contributed by atoms with E-state index in [0.29, 0.717) is 15.8 Å². The van der Waals surface area contributed by atoms with Crippen molar-refractivity contribution in [3.8, 4) is 0 Å². The number of benzene rings is 1. The number of hydrogen-bond acceptors (Lipinski definition) is 5. The van der Waals surface area contributed by atoms with Crippen molar-refractivity contribution in [2.45, 2.75) is 11.4 Å². The third kappa shape index (κ3) is 3.29. The Balaban J connectivity index is 1.78. The van der Waals surface area contributed by atoms with Gasteiger partial charge in [0.2, 0.25) is 0 Å². The van der Waals surface area contributed by atoms with Gasteiger partial charge in [-0.3, -0.25) is 9.69 Å². The van der Waals surface area contributed by atoms with Gasteiger partial charge in [-0.25, -0.2) is 0 Å². The van der Waals surface area contributed by atoms with Crippen LogP contribution in [0.15, 0.2) is 56.9 Å². The van der Waals surface area contributed by atoms with E-state index in [0.717, 1.165) is 11.3 Å². The highest BCUT2D eigenvalue weighted by molar-refractivity contribution is 8.26. The molecule has 3 rings (SSSR count). The third-order valence-electron chi connectivity index (χ3n) is 3.18. The molecule has 2 aromatic rings. The molecule has 1 aromatic carbocycles. The van der Waals surface area contributed by atoms with Crippen LogP contribution in [0.3, 0.4) is 0 Å². The molecule has 1 fully saturated rings. The molecule has 1 saturated heterocycles. The molecular formula is C16H13NO2S3. The quantitative estimate of drug-likeness (QED) is 0.465. The van der Waals surface area contributed by atoms with Gasteiger partial charge in [0.1, 0.15) is 10.1 Å². The maximum Gasteiger partial charge on any atom is 0.266 e. The number of amides is 1. The van der Waals surface area contributed by atoms with Crippen LogP contribution in [0.1, 0.15) is 11.3 Å². The topological polar surface area (TPSA) is 33.5 Å². The standard InChI is InChI=1S/C16H13NO2S3/c1-21-13-6-4-11(5-7-13)9-14-15(18)17(16(20)22-14)10-12-3-2-8-19-12/h2-9H,10H2,1H3/b14-9-. The largest absolute Gasteiger partial charge is 0.467 e. The molecule has 0 unspecified atom stereocenters. The molecule has 0 spiro atoms. The van der Waals surface area contributed by atoms with Gasteiger partial charge in [-0.15, -0.1) is 11.8 Å². The van der Waals surface area contributed by atoms with E-state index >= 15 is 0 Å². The molecule has 0 radical (unpaired) electrons. The van der Waals surface area contributed by atoms with Gasteiger partial charge in [0, 0.05) is 4.90 Å². The number of rotatable bonds is 4. The van der Waals surface area contributed by atoms with Crippen molar-refractivity contribution in [3.05, 3.63) is 58.9 Å². The van der Waals surface area contributed by atoms with Gasteiger partial charge in [0.15, 0.2) is 0 Å². The van der Waals surface area contributed by atoms with E-state index in [1.165, 1.54) is 16.7 Å². The Morgan fingerprint density at radius 3 is 2.73 bits per heavy atom. The number of thioether (sulfide) groups is 2. The van der Waals surface area contributed by atoms with E-state index < -0.39 is 0 Å². The third-order valence-corrected chi connectivity index (χ3v) is 5.30. The van der Waals surface area contributed by atoms with Gasteiger partial charge in [0.05, 0.1) is 17.7 Å². The summed E-state index contributed by atoms with van der Waals surface area (Å²) >= 11 is 8.33. The molecular weight excluding hydrogens is 334 g/mol. The first-order chi connectivity index (χ1) is 10.7. The van der Waals surface area contributed by atoms with Crippen molar-refractivity contribution in [2.24, 2.45) is 0 Å². The summed E-state index contributed by atoms with van der Waals surface area (Å²) in [5.74, 6) is 0.655. The van der Waals surface area contributed by atoms with Crippen LogP contribution in [-0.2, 0) is 11.3 Å². The Bertz CT molecular complexity index is 720. The summed E-state index contributed by atoms with van der Waals surface area (Å²) in [6.07, 6.45) is 5.51. The van der Waals surface area contributed by atoms with Crippen LogP contribution in [0.4, 0.5) is 0 Å². The predicted octanol–water partition coefficient (Wildman–Crippen LogP) is 4.40. The zero-order valence-electron chi connectivity index (χ0n) is 11.8. The summed E-state index contributed by atoms with van der Waals surface area (Å²) < 4.78 is 5.85. The molecule has 3 nitrogen and oxygen atoms in total. The fourth-order valence-corrected chi connectivity index (χ4v) is 3.71. The van der Waals surface area contributed by atoms with E-state index in [2.05, 4.69) is 0 Å². The lowest BCUT2D eigenvalue weighted by Crippen LogP contribution is -2.27. The second-order valence-corrected chi connectivity index (χ2v) is 7.18. The van der Waals surface area contributed by atoms with Crippen LogP contribution in [0.2, 0.25) is 0 Å². The summed E-state index contributed by atoms with van der Waals surface area (Å²) in [5.41, 5.74) is 0.997. The van der Waals surface area contributed by atoms with Crippen LogP contribution >= 0.6 is 35.7 Å². The number of furan rings is 1. The van der Waals surface area contributed by atoms with Crippen molar-refractivity contribution in [1.29, 1.82) is 0 Å². The molecule has 1 aliphatic rings. The molecule has 0 bridgehead atoms. The molecule has 2 heterocycles. The number of thiocarbonyl (C=S) groups is 1. The lowest BCUT2D eigenvalue weighted by Gasteiger charge is -2.11. The summed E-state index contributed by atoms with van der Waals surface area (Å²) in [5, 5.41) is 0. The molecule has 1 amide bonds. The van der Waals surface area contributed by atoms with E-state index in [-0.39, 0.29) is 5.91 Å². The Kier molecular flexibility index (Phi) is 4.71. The predicted molar refractivity (Wildman–Crippen MR) is 95.6 cm³/mol. The second kappa shape index (κ2) is 6.73. The molecule has 1 aromatic heterocycles. The minimum atomic E-state index is -0.0691. The van der Waals surface area contributed by atoms with Crippen molar-refractivity contribution < 1.29 is 9.21 Å². The highest BCUT2D eigenvalue weighted by Crippen LogP contribution is 2.33. The highest BCUT2D eigenvalue weighted by atomic mass is 32.2.